The molecule has 0 radical (unpaired) electrons. The normalized spacial score (nSPS) is 11.0. The molecule has 0 spiro atoms. The molecule has 0 saturated heterocycles. The summed E-state index contributed by atoms with van der Waals surface area (Å²) in [5.41, 5.74) is 2.18. The largest absolute Gasteiger partial charge is 0.504 e. The van der Waals surface area contributed by atoms with Crippen LogP contribution in [0.1, 0.15) is 16.7 Å². The van der Waals surface area contributed by atoms with Crippen LogP contribution in [0.15, 0.2) is 57.8 Å². The number of phenolic OH excluding ortho intramolecular Hbond substituents is 1. The Morgan fingerprint density at radius 3 is 2.78 bits per heavy atom. The van der Waals surface area contributed by atoms with Crippen LogP contribution in [-0.4, -0.2) is 18.2 Å². The fourth-order valence-electron chi connectivity index (χ4n) is 2.62. The Labute approximate surface area is 155 Å². The van der Waals surface area contributed by atoms with Gasteiger partial charge in [-0.15, -0.1) is 0 Å². The quantitative estimate of drug-likeness (QED) is 0.422. The third-order valence-corrected chi connectivity index (χ3v) is 3.97. The summed E-state index contributed by atoms with van der Waals surface area (Å²) >= 11 is 0. The number of rotatable bonds is 5. The number of aromatic hydroxyl groups is 1. The highest BCUT2D eigenvalue weighted by molar-refractivity contribution is 5.87. The smallest absolute Gasteiger partial charge is 0.336 e. The van der Waals surface area contributed by atoms with Gasteiger partial charge in [-0.3, -0.25) is 0 Å². The SMILES string of the molecule is COc1cc(/C=C/C(=O)OCc2cc(=O)oc3cc(C)ccc23)ccc1O. The maximum absolute atomic E-state index is 12.0. The highest BCUT2D eigenvalue weighted by Gasteiger charge is 2.08. The van der Waals surface area contributed by atoms with Crippen molar-refractivity contribution in [3.8, 4) is 11.5 Å². The summed E-state index contributed by atoms with van der Waals surface area (Å²) in [7, 11) is 1.44. The Bertz CT molecular complexity index is 1080. The number of carbonyl (C=O) groups excluding carboxylic acids is 1. The van der Waals surface area contributed by atoms with E-state index in [1.807, 2.05) is 19.1 Å². The second-order valence-electron chi connectivity index (χ2n) is 5.96. The van der Waals surface area contributed by atoms with Gasteiger partial charge in [-0.25, -0.2) is 9.59 Å². The summed E-state index contributed by atoms with van der Waals surface area (Å²) in [6.07, 6.45) is 2.81. The van der Waals surface area contributed by atoms with Crippen LogP contribution >= 0.6 is 0 Å². The zero-order chi connectivity index (χ0) is 19.4. The van der Waals surface area contributed by atoms with E-state index < -0.39 is 11.6 Å². The van der Waals surface area contributed by atoms with Crippen LogP contribution in [0.5, 0.6) is 11.5 Å². The Morgan fingerprint density at radius 1 is 1.19 bits per heavy atom. The predicted octanol–water partition coefficient (Wildman–Crippen LogP) is 3.57. The molecule has 6 heteroatoms. The number of phenols is 1. The van der Waals surface area contributed by atoms with E-state index in [2.05, 4.69) is 0 Å². The van der Waals surface area contributed by atoms with Gasteiger partial charge in [0, 0.05) is 23.1 Å². The summed E-state index contributed by atoms with van der Waals surface area (Å²) in [5.74, 6) is -0.235. The molecule has 0 aliphatic carbocycles. The number of esters is 1. The van der Waals surface area contributed by atoms with Crippen molar-refractivity contribution in [3.05, 3.63) is 75.7 Å². The van der Waals surface area contributed by atoms with Crippen molar-refractivity contribution in [3.63, 3.8) is 0 Å². The minimum atomic E-state index is -0.560. The van der Waals surface area contributed by atoms with Gasteiger partial charge in [0.05, 0.1) is 7.11 Å². The Balaban J connectivity index is 1.73. The molecule has 1 heterocycles. The average Bonchev–Trinajstić information content (AvgIpc) is 2.64. The fourth-order valence-corrected chi connectivity index (χ4v) is 2.62. The molecule has 3 aromatic rings. The second-order valence-corrected chi connectivity index (χ2v) is 5.96. The maximum atomic E-state index is 12.0. The van der Waals surface area contributed by atoms with Crippen LogP contribution in [0, 0.1) is 6.92 Å². The molecule has 0 saturated carbocycles. The number of aryl methyl sites for hydroxylation is 1. The summed E-state index contributed by atoms with van der Waals surface area (Å²) in [4.78, 5) is 23.7. The van der Waals surface area contributed by atoms with E-state index in [9.17, 15) is 14.7 Å². The van der Waals surface area contributed by atoms with E-state index in [4.69, 9.17) is 13.9 Å². The topological polar surface area (TPSA) is 86.0 Å². The van der Waals surface area contributed by atoms with Gasteiger partial charge in [0.1, 0.15) is 12.2 Å². The standard InChI is InChI=1S/C21H18O6/c1-13-3-6-16-15(11-21(24)27-18(16)9-13)12-26-20(23)8-5-14-4-7-17(22)19(10-14)25-2/h3-11,22H,12H2,1-2H3/b8-5+. The van der Waals surface area contributed by atoms with Gasteiger partial charge in [-0.1, -0.05) is 18.2 Å². The molecule has 0 amide bonds. The van der Waals surface area contributed by atoms with Crippen molar-refractivity contribution in [2.45, 2.75) is 13.5 Å². The van der Waals surface area contributed by atoms with Crippen LogP contribution in [0.2, 0.25) is 0 Å². The number of ether oxygens (including phenoxy) is 2. The third-order valence-electron chi connectivity index (χ3n) is 3.97. The minimum Gasteiger partial charge on any atom is -0.504 e. The van der Waals surface area contributed by atoms with Crippen molar-refractivity contribution in [1.82, 2.24) is 0 Å². The van der Waals surface area contributed by atoms with Gasteiger partial charge in [-0.2, -0.15) is 0 Å². The molecule has 27 heavy (non-hydrogen) atoms. The zero-order valence-corrected chi connectivity index (χ0v) is 14.9. The van der Waals surface area contributed by atoms with Crippen LogP contribution in [0.3, 0.4) is 0 Å². The molecule has 6 nitrogen and oxygen atoms in total. The number of hydrogen-bond acceptors (Lipinski definition) is 6. The van der Waals surface area contributed by atoms with Crippen LogP contribution < -0.4 is 10.4 Å². The van der Waals surface area contributed by atoms with Crippen molar-refractivity contribution in [2.24, 2.45) is 0 Å². The van der Waals surface area contributed by atoms with Gasteiger partial charge >= 0.3 is 11.6 Å². The van der Waals surface area contributed by atoms with E-state index in [-0.39, 0.29) is 12.4 Å². The molecule has 0 aliphatic rings. The van der Waals surface area contributed by atoms with Crippen LogP contribution in [-0.2, 0) is 16.1 Å². The Morgan fingerprint density at radius 2 is 2.00 bits per heavy atom. The molecule has 0 bridgehead atoms. The highest BCUT2D eigenvalue weighted by Crippen LogP contribution is 2.26. The third kappa shape index (κ3) is 4.36. The van der Waals surface area contributed by atoms with Crippen LogP contribution in [0.4, 0.5) is 0 Å². The second kappa shape index (κ2) is 7.78. The molecule has 3 rings (SSSR count). The van der Waals surface area contributed by atoms with Crippen molar-refractivity contribution in [1.29, 1.82) is 0 Å². The zero-order valence-electron chi connectivity index (χ0n) is 14.9. The predicted molar refractivity (Wildman–Crippen MR) is 101 cm³/mol. The number of fused-ring (bicyclic) bond motifs is 1. The maximum Gasteiger partial charge on any atom is 0.336 e. The lowest BCUT2D eigenvalue weighted by molar-refractivity contribution is -0.138. The first-order valence-corrected chi connectivity index (χ1v) is 8.21. The van der Waals surface area contributed by atoms with Crippen molar-refractivity contribution >= 4 is 23.0 Å². The Hall–Kier alpha value is -3.54. The molecule has 1 N–H and O–H groups in total. The molecule has 2 aromatic carbocycles. The lowest BCUT2D eigenvalue weighted by Gasteiger charge is -2.06. The van der Waals surface area contributed by atoms with Gasteiger partial charge in [-0.05, 0) is 42.3 Å². The van der Waals surface area contributed by atoms with Crippen molar-refractivity contribution in [2.75, 3.05) is 7.11 Å². The van der Waals surface area contributed by atoms with Crippen molar-refractivity contribution < 1.29 is 23.8 Å². The highest BCUT2D eigenvalue weighted by atomic mass is 16.5. The molecule has 0 fully saturated rings. The Kier molecular flexibility index (Phi) is 5.26. The lowest BCUT2D eigenvalue weighted by Crippen LogP contribution is -2.05. The first kappa shape index (κ1) is 18.3. The molecule has 1 aromatic heterocycles. The molecule has 0 aliphatic heterocycles. The van der Waals surface area contributed by atoms with Gasteiger partial charge in [0.25, 0.3) is 0 Å². The molecule has 0 atom stereocenters. The van der Waals surface area contributed by atoms with E-state index in [0.29, 0.717) is 22.5 Å². The lowest BCUT2D eigenvalue weighted by atomic mass is 10.1. The van der Waals surface area contributed by atoms with Gasteiger partial charge in [0.15, 0.2) is 11.5 Å². The molecule has 0 unspecified atom stereocenters. The fraction of sp³-hybridized carbons (Fsp3) is 0.143. The molecular weight excluding hydrogens is 348 g/mol. The first-order chi connectivity index (χ1) is 13.0. The minimum absolute atomic E-state index is 0.0160. The van der Waals surface area contributed by atoms with E-state index in [1.54, 1.807) is 24.3 Å². The average molecular weight is 366 g/mol. The number of hydrogen-bond donors (Lipinski definition) is 1. The summed E-state index contributed by atoms with van der Waals surface area (Å²) in [6, 6.07) is 11.5. The van der Waals surface area contributed by atoms with Gasteiger partial charge < -0.3 is 19.0 Å². The monoisotopic (exact) mass is 366 g/mol. The molecule has 138 valence electrons. The van der Waals surface area contributed by atoms with Gasteiger partial charge in [0.2, 0.25) is 0 Å². The van der Waals surface area contributed by atoms with Crippen LogP contribution in [0.25, 0.3) is 17.0 Å². The first-order valence-electron chi connectivity index (χ1n) is 8.21. The summed E-state index contributed by atoms with van der Waals surface area (Å²) in [6.45, 7) is 1.85. The summed E-state index contributed by atoms with van der Waals surface area (Å²) in [5, 5.41) is 10.3. The van der Waals surface area contributed by atoms with E-state index in [0.717, 1.165) is 10.9 Å². The number of methoxy groups -OCH3 is 1. The number of carbonyl (C=O) groups is 1. The molecular formula is C21H18O6. The number of benzene rings is 2. The summed E-state index contributed by atoms with van der Waals surface area (Å²) < 4.78 is 15.4. The van der Waals surface area contributed by atoms with E-state index in [1.165, 1.54) is 25.3 Å². The van der Waals surface area contributed by atoms with E-state index >= 15 is 0 Å².